The van der Waals surface area contributed by atoms with Crippen LogP contribution in [0.1, 0.15) is 12.5 Å². The van der Waals surface area contributed by atoms with Crippen molar-refractivity contribution in [2.24, 2.45) is 0 Å². The highest BCUT2D eigenvalue weighted by Crippen LogP contribution is 2.20. The number of quaternary nitrogens is 1. The molecule has 1 aliphatic rings. The van der Waals surface area contributed by atoms with E-state index in [9.17, 15) is 9.90 Å². The second-order valence-electron chi connectivity index (χ2n) is 6.83. The van der Waals surface area contributed by atoms with Crippen LogP contribution < -0.4 is 15.1 Å². The van der Waals surface area contributed by atoms with E-state index in [-0.39, 0.29) is 17.7 Å². The first kappa shape index (κ1) is 18.5. The number of phenols is 1. The Bertz CT molecular complexity index is 771. The fourth-order valence-corrected chi connectivity index (χ4v) is 3.48. The van der Waals surface area contributed by atoms with Crippen LogP contribution in [0, 0.1) is 6.92 Å². The normalized spacial score (nSPS) is 16.3. The van der Waals surface area contributed by atoms with Gasteiger partial charge in [-0.3, -0.25) is 4.79 Å². The molecule has 138 valence electrons. The van der Waals surface area contributed by atoms with Gasteiger partial charge in [0.25, 0.3) is 5.91 Å². The van der Waals surface area contributed by atoms with E-state index in [2.05, 4.69) is 10.2 Å². The smallest absolute Gasteiger partial charge is 0.282 e. The van der Waals surface area contributed by atoms with Gasteiger partial charge >= 0.3 is 0 Å². The summed E-state index contributed by atoms with van der Waals surface area (Å²) in [5.41, 5.74) is 2.88. The molecule has 0 unspecified atom stereocenters. The van der Waals surface area contributed by atoms with E-state index in [1.807, 2.05) is 38.1 Å². The Kier molecular flexibility index (Phi) is 5.69. The lowest BCUT2D eigenvalue weighted by Gasteiger charge is -2.36. The van der Waals surface area contributed by atoms with Crippen LogP contribution in [0.3, 0.4) is 0 Å². The van der Waals surface area contributed by atoms with Crippen molar-refractivity contribution in [1.82, 2.24) is 0 Å². The first-order chi connectivity index (χ1) is 12.4. The molecule has 1 saturated heterocycles. The Morgan fingerprint density at radius 2 is 1.85 bits per heavy atom. The molecule has 0 saturated carbocycles. The summed E-state index contributed by atoms with van der Waals surface area (Å²) in [5.74, 6) is 0.295. The Labute approximate surface area is 159 Å². The van der Waals surface area contributed by atoms with Crippen molar-refractivity contribution in [2.75, 3.05) is 36.4 Å². The molecule has 0 bridgehead atoms. The van der Waals surface area contributed by atoms with Gasteiger partial charge < -0.3 is 20.2 Å². The van der Waals surface area contributed by atoms with Crippen molar-refractivity contribution in [3.63, 3.8) is 0 Å². The summed E-state index contributed by atoms with van der Waals surface area (Å²) in [4.78, 5) is 16.2. The molecule has 1 aliphatic heterocycles. The molecular weight excluding hydrogens is 350 g/mol. The molecule has 6 heteroatoms. The highest BCUT2D eigenvalue weighted by molar-refractivity contribution is 6.31. The summed E-state index contributed by atoms with van der Waals surface area (Å²) in [5, 5.41) is 13.0. The number of aromatic hydroxyl groups is 1. The molecule has 2 aromatic rings. The van der Waals surface area contributed by atoms with E-state index in [4.69, 9.17) is 11.6 Å². The zero-order valence-corrected chi connectivity index (χ0v) is 15.9. The highest BCUT2D eigenvalue weighted by atomic mass is 35.5. The number of hydrogen-bond donors (Lipinski definition) is 3. The molecule has 0 aliphatic carbocycles. The van der Waals surface area contributed by atoms with E-state index >= 15 is 0 Å². The summed E-state index contributed by atoms with van der Waals surface area (Å²) in [6, 6.07) is 12.7. The summed E-state index contributed by atoms with van der Waals surface area (Å²) < 4.78 is 0. The van der Waals surface area contributed by atoms with Gasteiger partial charge in [-0.05, 0) is 55.8 Å². The number of nitrogens with one attached hydrogen (secondary N) is 2. The molecule has 3 rings (SSSR count). The molecule has 2 aromatic carbocycles. The van der Waals surface area contributed by atoms with Crippen LogP contribution in [-0.2, 0) is 4.79 Å². The maximum atomic E-state index is 12.6. The number of halogens is 1. The maximum absolute atomic E-state index is 12.6. The second-order valence-corrected chi connectivity index (χ2v) is 7.27. The molecule has 0 spiro atoms. The van der Waals surface area contributed by atoms with Gasteiger partial charge in [-0.2, -0.15) is 0 Å². The fourth-order valence-electron chi connectivity index (χ4n) is 3.30. The van der Waals surface area contributed by atoms with Gasteiger partial charge in [0.05, 0.1) is 26.2 Å². The highest BCUT2D eigenvalue weighted by Gasteiger charge is 2.29. The van der Waals surface area contributed by atoms with Gasteiger partial charge in [-0.25, -0.2) is 0 Å². The van der Waals surface area contributed by atoms with Crippen molar-refractivity contribution in [3.8, 4) is 5.75 Å². The van der Waals surface area contributed by atoms with Crippen molar-refractivity contribution in [3.05, 3.63) is 53.1 Å². The quantitative estimate of drug-likeness (QED) is 0.768. The molecule has 1 heterocycles. The molecule has 0 radical (unpaired) electrons. The van der Waals surface area contributed by atoms with E-state index < -0.39 is 0 Å². The molecule has 1 atom stereocenters. The van der Waals surface area contributed by atoms with Crippen molar-refractivity contribution in [2.45, 2.75) is 19.9 Å². The van der Waals surface area contributed by atoms with Gasteiger partial charge in [0, 0.05) is 16.4 Å². The topological polar surface area (TPSA) is 57.0 Å². The average Bonchev–Trinajstić information content (AvgIpc) is 2.65. The number of phenolic OH excluding ortho intramolecular Hbond substituents is 1. The predicted octanol–water partition coefficient (Wildman–Crippen LogP) is 2.09. The number of benzene rings is 2. The summed E-state index contributed by atoms with van der Waals surface area (Å²) in [7, 11) is 0. The van der Waals surface area contributed by atoms with Gasteiger partial charge in [-0.1, -0.05) is 17.7 Å². The number of piperazine rings is 1. The largest absolute Gasteiger partial charge is 0.508 e. The Morgan fingerprint density at radius 1 is 1.19 bits per heavy atom. The van der Waals surface area contributed by atoms with Crippen LogP contribution in [0.25, 0.3) is 0 Å². The molecular formula is C20H25ClN3O2+. The van der Waals surface area contributed by atoms with Crippen LogP contribution in [0.4, 0.5) is 11.4 Å². The van der Waals surface area contributed by atoms with E-state index in [1.54, 1.807) is 18.2 Å². The van der Waals surface area contributed by atoms with Crippen molar-refractivity contribution >= 4 is 28.9 Å². The number of anilines is 2. The zero-order chi connectivity index (χ0) is 18.7. The van der Waals surface area contributed by atoms with Gasteiger partial charge in [-0.15, -0.1) is 0 Å². The Balaban J connectivity index is 1.57. The number of nitrogens with zero attached hydrogens (tertiary/aromatic N) is 1. The van der Waals surface area contributed by atoms with Crippen LogP contribution in [0.15, 0.2) is 42.5 Å². The van der Waals surface area contributed by atoms with E-state index in [0.29, 0.717) is 5.02 Å². The third-order valence-corrected chi connectivity index (χ3v) is 5.32. The first-order valence-corrected chi connectivity index (χ1v) is 9.27. The molecule has 26 heavy (non-hydrogen) atoms. The number of amides is 1. The van der Waals surface area contributed by atoms with Crippen LogP contribution >= 0.6 is 11.6 Å². The standard InChI is InChI=1S/C20H24ClN3O2/c1-14-3-4-16(21)13-19(14)22-20(26)15(2)23-9-11-24(12-10-23)17-5-7-18(25)8-6-17/h3-8,13,15,25H,9-12H2,1-2H3,(H,22,26)/p+1/t15-/m0/s1. The minimum atomic E-state index is -0.129. The number of hydrogen-bond acceptors (Lipinski definition) is 3. The van der Waals surface area contributed by atoms with E-state index in [1.165, 1.54) is 4.90 Å². The third-order valence-electron chi connectivity index (χ3n) is 5.08. The van der Waals surface area contributed by atoms with Gasteiger partial charge in [0.15, 0.2) is 6.04 Å². The minimum absolute atomic E-state index is 0.0171. The maximum Gasteiger partial charge on any atom is 0.282 e. The summed E-state index contributed by atoms with van der Waals surface area (Å²) in [6.45, 7) is 7.48. The SMILES string of the molecule is Cc1ccc(Cl)cc1NC(=O)[C@H](C)[NH+]1CCN(c2ccc(O)cc2)CC1. The van der Waals surface area contributed by atoms with Crippen molar-refractivity contribution in [1.29, 1.82) is 0 Å². The van der Waals surface area contributed by atoms with Crippen LogP contribution in [0.5, 0.6) is 5.75 Å². The number of carbonyl (C=O) groups is 1. The molecule has 5 nitrogen and oxygen atoms in total. The molecule has 0 aromatic heterocycles. The monoisotopic (exact) mass is 374 g/mol. The van der Waals surface area contributed by atoms with Gasteiger partial charge in [0.1, 0.15) is 5.75 Å². The fraction of sp³-hybridized carbons (Fsp3) is 0.350. The summed E-state index contributed by atoms with van der Waals surface area (Å²) in [6.07, 6.45) is 0. The lowest BCUT2D eigenvalue weighted by atomic mass is 10.1. The third kappa shape index (κ3) is 4.29. The zero-order valence-electron chi connectivity index (χ0n) is 15.1. The van der Waals surface area contributed by atoms with E-state index in [0.717, 1.165) is 43.1 Å². The molecule has 1 fully saturated rings. The Hall–Kier alpha value is -2.24. The van der Waals surface area contributed by atoms with Crippen molar-refractivity contribution < 1.29 is 14.8 Å². The molecule has 3 N–H and O–H groups in total. The lowest BCUT2D eigenvalue weighted by molar-refractivity contribution is -0.914. The van der Waals surface area contributed by atoms with Crippen LogP contribution in [-0.4, -0.2) is 43.2 Å². The average molecular weight is 375 g/mol. The van der Waals surface area contributed by atoms with Crippen LogP contribution in [0.2, 0.25) is 5.02 Å². The minimum Gasteiger partial charge on any atom is -0.508 e. The summed E-state index contributed by atoms with van der Waals surface area (Å²) >= 11 is 6.03. The second kappa shape index (κ2) is 7.98. The number of carbonyl (C=O) groups excluding carboxylic acids is 1. The Morgan fingerprint density at radius 3 is 2.50 bits per heavy atom. The lowest BCUT2D eigenvalue weighted by Crippen LogP contribution is -3.19. The number of aryl methyl sites for hydroxylation is 1. The number of rotatable bonds is 4. The molecule has 1 amide bonds. The first-order valence-electron chi connectivity index (χ1n) is 8.89. The predicted molar refractivity (Wildman–Crippen MR) is 105 cm³/mol. The van der Waals surface area contributed by atoms with Gasteiger partial charge in [0.2, 0.25) is 0 Å².